The number of aliphatic hydroxyl groups excluding tert-OH is 1. The van der Waals surface area contributed by atoms with E-state index in [1.165, 1.54) is 5.56 Å². The van der Waals surface area contributed by atoms with E-state index >= 15 is 0 Å². The summed E-state index contributed by atoms with van der Waals surface area (Å²) < 4.78 is 0. The Bertz CT molecular complexity index is 386. The quantitative estimate of drug-likeness (QED) is 0.739. The van der Waals surface area contributed by atoms with Crippen molar-refractivity contribution in [1.82, 2.24) is 5.32 Å². The van der Waals surface area contributed by atoms with Crippen LogP contribution in [0.2, 0.25) is 0 Å². The number of benzene rings is 1. The monoisotopic (exact) mass is 264 g/mol. The van der Waals surface area contributed by atoms with Crippen LogP contribution in [0.3, 0.4) is 0 Å². The van der Waals surface area contributed by atoms with E-state index in [1.54, 1.807) is 0 Å². The summed E-state index contributed by atoms with van der Waals surface area (Å²) in [6.45, 7) is 6.21. The van der Waals surface area contributed by atoms with E-state index in [0.717, 1.165) is 12.1 Å². The first-order valence-electron chi connectivity index (χ1n) is 6.89. The van der Waals surface area contributed by atoms with Gasteiger partial charge in [-0.15, -0.1) is 0 Å². The van der Waals surface area contributed by atoms with Crippen molar-refractivity contribution < 1.29 is 9.90 Å². The largest absolute Gasteiger partial charge is 0.394 e. The molecule has 1 rings (SSSR count). The highest BCUT2D eigenvalue weighted by Crippen LogP contribution is 2.20. The molecule has 1 aromatic rings. The van der Waals surface area contributed by atoms with E-state index in [9.17, 15) is 4.79 Å². The zero-order valence-electron chi connectivity index (χ0n) is 11.9. The zero-order valence-corrected chi connectivity index (χ0v) is 11.9. The molecule has 4 nitrogen and oxygen atoms in total. The number of carbonyl (C=O) groups excluding carboxylic acids is 1. The maximum Gasteiger partial charge on any atom is 0.319 e. The molecule has 0 heterocycles. The molecule has 0 aliphatic carbocycles. The molecule has 4 heteroatoms. The van der Waals surface area contributed by atoms with Crippen LogP contribution in [-0.4, -0.2) is 23.8 Å². The molecule has 0 saturated heterocycles. The lowest BCUT2D eigenvalue weighted by molar-refractivity contribution is 0.222. The SMILES string of the molecule is CCC(C)c1ccc(NC(=O)N[C@H](CC)CO)cc1. The van der Waals surface area contributed by atoms with E-state index in [-0.39, 0.29) is 18.7 Å². The Labute approximate surface area is 115 Å². The van der Waals surface area contributed by atoms with Crippen molar-refractivity contribution in [2.45, 2.75) is 45.6 Å². The van der Waals surface area contributed by atoms with E-state index in [4.69, 9.17) is 5.11 Å². The van der Waals surface area contributed by atoms with Crippen LogP contribution < -0.4 is 10.6 Å². The number of hydrogen-bond donors (Lipinski definition) is 3. The lowest BCUT2D eigenvalue weighted by Crippen LogP contribution is -2.39. The number of urea groups is 1. The number of amides is 2. The first kappa shape index (κ1) is 15.5. The molecule has 0 radical (unpaired) electrons. The van der Waals surface area contributed by atoms with Gasteiger partial charge in [-0.3, -0.25) is 0 Å². The summed E-state index contributed by atoms with van der Waals surface area (Å²) in [5, 5.41) is 14.5. The highest BCUT2D eigenvalue weighted by molar-refractivity contribution is 5.89. The molecule has 0 fully saturated rings. The minimum absolute atomic E-state index is 0.0448. The van der Waals surface area contributed by atoms with Gasteiger partial charge >= 0.3 is 6.03 Å². The van der Waals surface area contributed by atoms with Crippen LogP contribution in [0.5, 0.6) is 0 Å². The van der Waals surface area contributed by atoms with Gasteiger partial charge in [-0.05, 0) is 36.5 Å². The molecular formula is C15H24N2O2. The molecule has 2 amide bonds. The van der Waals surface area contributed by atoms with Crippen molar-refractivity contribution in [2.24, 2.45) is 0 Å². The summed E-state index contributed by atoms with van der Waals surface area (Å²) in [5.41, 5.74) is 2.03. The fraction of sp³-hybridized carbons (Fsp3) is 0.533. The molecule has 2 atom stereocenters. The summed E-state index contributed by atoms with van der Waals surface area (Å²) in [5.74, 6) is 0.529. The molecular weight excluding hydrogens is 240 g/mol. The van der Waals surface area contributed by atoms with Crippen LogP contribution in [0.25, 0.3) is 0 Å². The van der Waals surface area contributed by atoms with Crippen LogP contribution >= 0.6 is 0 Å². The molecule has 0 saturated carbocycles. The fourth-order valence-electron chi connectivity index (χ4n) is 1.76. The predicted molar refractivity (Wildman–Crippen MR) is 78.5 cm³/mol. The van der Waals surface area contributed by atoms with Gasteiger partial charge in [0.1, 0.15) is 0 Å². The van der Waals surface area contributed by atoms with Crippen LogP contribution in [-0.2, 0) is 0 Å². The third-order valence-corrected chi connectivity index (χ3v) is 3.40. The number of anilines is 1. The Morgan fingerprint density at radius 1 is 1.21 bits per heavy atom. The highest BCUT2D eigenvalue weighted by Gasteiger charge is 2.09. The van der Waals surface area contributed by atoms with Crippen LogP contribution in [0.4, 0.5) is 10.5 Å². The van der Waals surface area contributed by atoms with Gasteiger partial charge in [0.15, 0.2) is 0 Å². The lowest BCUT2D eigenvalue weighted by atomic mass is 9.99. The van der Waals surface area contributed by atoms with Crippen molar-refractivity contribution in [3.05, 3.63) is 29.8 Å². The Morgan fingerprint density at radius 2 is 1.84 bits per heavy atom. The molecule has 3 N–H and O–H groups in total. The summed E-state index contributed by atoms with van der Waals surface area (Å²) in [7, 11) is 0. The van der Waals surface area contributed by atoms with E-state index in [1.807, 2.05) is 31.2 Å². The van der Waals surface area contributed by atoms with Crippen LogP contribution in [0, 0.1) is 0 Å². The second-order valence-electron chi connectivity index (χ2n) is 4.82. The summed E-state index contributed by atoms with van der Waals surface area (Å²) >= 11 is 0. The molecule has 106 valence electrons. The van der Waals surface area contributed by atoms with Crippen molar-refractivity contribution >= 4 is 11.7 Å². The van der Waals surface area contributed by atoms with Gasteiger partial charge in [0.25, 0.3) is 0 Å². The Balaban J connectivity index is 2.55. The van der Waals surface area contributed by atoms with Gasteiger partial charge in [-0.1, -0.05) is 32.9 Å². The highest BCUT2D eigenvalue weighted by atomic mass is 16.3. The van der Waals surface area contributed by atoms with Gasteiger partial charge in [-0.25, -0.2) is 4.79 Å². The number of nitrogens with one attached hydrogen (secondary N) is 2. The molecule has 0 aromatic heterocycles. The minimum Gasteiger partial charge on any atom is -0.394 e. The number of hydrogen-bond acceptors (Lipinski definition) is 2. The first-order chi connectivity index (χ1) is 9.10. The molecule has 1 unspecified atom stereocenters. The Kier molecular flexibility index (Phi) is 6.36. The minimum atomic E-state index is -0.280. The summed E-state index contributed by atoms with van der Waals surface area (Å²) in [4.78, 5) is 11.7. The summed E-state index contributed by atoms with van der Waals surface area (Å²) in [6, 6.07) is 7.40. The number of rotatable bonds is 6. The van der Waals surface area contributed by atoms with E-state index in [2.05, 4.69) is 24.5 Å². The van der Waals surface area contributed by atoms with E-state index < -0.39 is 0 Å². The second-order valence-corrected chi connectivity index (χ2v) is 4.82. The van der Waals surface area contributed by atoms with Crippen LogP contribution in [0.15, 0.2) is 24.3 Å². The van der Waals surface area contributed by atoms with Crippen molar-refractivity contribution in [3.8, 4) is 0 Å². The maximum atomic E-state index is 11.7. The van der Waals surface area contributed by atoms with Crippen molar-refractivity contribution in [2.75, 3.05) is 11.9 Å². The topological polar surface area (TPSA) is 61.4 Å². The van der Waals surface area contributed by atoms with Crippen LogP contribution in [0.1, 0.15) is 45.1 Å². The Hall–Kier alpha value is -1.55. The van der Waals surface area contributed by atoms with E-state index in [0.29, 0.717) is 12.3 Å². The number of aliphatic hydroxyl groups is 1. The molecule has 0 bridgehead atoms. The fourth-order valence-corrected chi connectivity index (χ4v) is 1.76. The van der Waals surface area contributed by atoms with Gasteiger partial charge < -0.3 is 15.7 Å². The van der Waals surface area contributed by atoms with Gasteiger partial charge in [0, 0.05) is 5.69 Å². The third-order valence-electron chi connectivity index (χ3n) is 3.40. The van der Waals surface area contributed by atoms with Gasteiger partial charge in [0.05, 0.1) is 12.6 Å². The molecule has 0 aliphatic heterocycles. The molecule has 1 aromatic carbocycles. The third kappa shape index (κ3) is 4.91. The standard InChI is InChI=1S/C15H24N2O2/c1-4-11(3)12-6-8-14(9-7-12)17-15(19)16-13(5-2)10-18/h6-9,11,13,18H,4-5,10H2,1-3H3,(H2,16,17,19)/t11?,13-/m1/s1. The van der Waals surface area contributed by atoms with Gasteiger partial charge in [-0.2, -0.15) is 0 Å². The summed E-state index contributed by atoms with van der Waals surface area (Å²) in [6.07, 6.45) is 1.80. The Morgan fingerprint density at radius 3 is 2.32 bits per heavy atom. The molecule has 0 aliphatic rings. The number of carbonyl (C=O) groups is 1. The predicted octanol–water partition coefficient (Wildman–Crippen LogP) is 3.09. The first-order valence-corrected chi connectivity index (χ1v) is 6.89. The molecule has 19 heavy (non-hydrogen) atoms. The molecule has 0 spiro atoms. The zero-order chi connectivity index (χ0) is 14.3. The maximum absolute atomic E-state index is 11.7. The smallest absolute Gasteiger partial charge is 0.319 e. The van der Waals surface area contributed by atoms with Crippen molar-refractivity contribution in [1.29, 1.82) is 0 Å². The van der Waals surface area contributed by atoms with Crippen molar-refractivity contribution in [3.63, 3.8) is 0 Å². The van der Waals surface area contributed by atoms with Gasteiger partial charge in [0.2, 0.25) is 0 Å². The second kappa shape index (κ2) is 7.79. The lowest BCUT2D eigenvalue weighted by Gasteiger charge is -2.15. The average molecular weight is 264 g/mol. The normalized spacial score (nSPS) is 13.7. The average Bonchev–Trinajstić information content (AvgIpc) is 2.44.